The summed E-state index contributed by atoms with van der Waals surface area (Å²) >= 11 is 0. The van der Waals surface area contributed by atoms with E-state index < -0.39 is 0 Å². The number of hydrogen-bond donors (Lipinski definition) is 1. The van der Waals surface area contributed by atoms with Crippen molar-refractivity contribution in [3.8, 4) is 0 Å². The van der Waals surface area contributed by atoms with Gasteiger partial charge in [-0.25, -0.2) is 0 Å². The molecule has 0 saturated heterocycles. The normalized spacial score (nSPS) is 19.5. The first-order chi connectivity index (χ1) is 9.34. The summed E-state index contributed by atoms with van der Waals surface area (Å²) in [5.74, 6) is 0.221. The first kappa shape index (κ1) is 12.7. The second-order valence-electron chi connectivity index (χ2n) is 5.64. The number of amides is 1. The van der Waals surface area contributed by atoms with Crippen molar-refractivity contribution in [3.63, 3.8) is 0 Å². The summed E-state index contributed by atoms with van der Waals surface area (Å²) in [6.45, 7) is 1.35. The maximum absolute atomic E-state index is 12.4. The lowest BCUT2D eigenvalue weighted by atomic mass is 10.0. The Morgan fingerprint density at radius 2 is 2.00 bits per heavy atom. The first-order valence-corrected chi connectivity index (χ1v) is 7.46. The zero-order valence-corrected chi connectivity index (χ0v) is 11.4. The van der Waals surface area contributed by atoms with Crippen molar-refractivity contribution in [1.29, 1.82) is 0 Å². The van der Waals surface area contributed by atoms with Gasteiger partial charge in [0.2, 0.25) is 5.91 Å². The van der Waals surface area contributed by atoms with Crippen molar-refractivity contribution >= 4 is 11.6 Å². The van der Waals surface area contributed by atoms with Gasteiger partial charge in [0.15, 0.2) is 0 Å². The van der Waals surface area contributed by atoms with E-state index in [9.17, 15) is 4.79 Å². The van der Waals surface area contributed by atoms with Gasteiger partial charge in [0.1, 0.15) is 0 Å². The lowest BCUT2D eigenvalue weighted by molar-refractivity contribution is -0.118. The molecule has 1 aromatic carbocycles. The highest BCUT2D eigenvalue weighted by Gasteiger charge is 2.23. The highest BCUT2D eigenvalue weighted by atomic mass is 16.2. The third kappa shape index (κ3) is 2.81. The zero-order chi connectivity index (χ0) is 13.1. The van der Waals surface area contributed by atoms with Crippen LogP contribution in [0.4, 0.5) is 5.69 Å². The summed E-state index contributed by atoms with van der Waals surface area (Å²) < 4.78 is 0. The molecule has 0 radical (unpaired) electrons. The summed E-state index contributed by atoms with van der Waals surface area (Å²) in [5.41, 5.74) is 2.43. The number of fused-ring (bicyclic) bond motifs is 1. The fraction of sp³-hybridized carbons (Fsp3) is 0.562. The summed E-state index contributed by atoms with van der Waals surface area (Å²) in [7, 11) is 0. The highest BCUT2D eigenvalue weighted by Crippen LogP contribution is 2.26. The summed E-state index contributed by atoms with van der Waals surface area (Å²) in [4.78, 5) is 14.3. The first-order valence-electron chi connectivity index (χ1n) is 7.46. The molecule has 1 aromatic rings. The second kappa shape index (κ2) is 5.74. The molecule has 1 saturated carbocycles. The summed E-state index contributed by atoms with van der Waals surface area (Å²) in [6.07, 6.45) is 7.23. The molecule has 3 heteroatoms. The largest absolute Gasteiger partial charge is 0.311 e. The van der Waals surface area contributed by atoms with Gasteiger partial charge in [-0.05, 0) is 37.3 Å². The number of rotatable bonds is 3. The van der Waals surface area contributed by atoms with Crippen LogP contribution >= 0.6 is 0 Å². The van der Waals surface area contributed by atoms with Crippen molar-refractivity contribution in [2.45, 2.75) is 44.6 Å². The number of carbonyl (C=O) groups excluding carboxylic acids is 1. The molecule has 2 aliphatic rings. The molecule has 3 nitrogen and oxygen atoms in total. The van der Waals surface area contributed by atoms with E-state index in [1.807, 2.05) is 11.0 Å². The number of para-hydroxylation sites is 1. The standard InChI is InChI=1S/C16H22N2O/c19-16(12-17-14-8-2-3-9-14)18-11-5-7-13-6-1-4-10-15(13)18/h1,4,6,10,14,17H,2-3,5,7-9,11-12H2. The molecule has 3 rings (SSSR count). The van der Waals surface area contributed by atoms with Crippen LogP contribution in [-0.2, 0) is 11.2 Å². The third-order valence-electron chi connectivity index (χ3n) is 4.31. The van der Waals surface area contributed by atoms with Crippen LogP contribution in [0.15, 0.2) is 24.3 Å². The Balaban J connectivity index is 1.64. The van der Waals surface area contributed by atoms with Gasteiger partial charge >= 0.3 is 0 Å². The Labute approximate surface area is 115 Å². The lowest BCUT2D eigenvalue weighted by Gasteiger charge is -2.30. The average Bonchev–Trinajstić information content (AvgIpc) is 2.97. The van der Waals surface area contributed by atoms with Gasteiger partial charge in [-0.3, -0.25) is 4.79 Å². The quantitative estimate of drug-likeness (QED) is 0.903. The van der Waals surface area contributed by atoms with E-state index in [0.29, 0.717) is 12.6 Å². The molecule has 1 fully saturated rings. The second-order valence-corrected chi connectivity index (χ2v) is 5.64. The third-order valence-corrected chi connectivity index (χ3v) is 4.31. The number of nitrogens with one attached hydrogen (secondary N) is 1. The van der Waals surface area contributed by atoms with Gasteiger partial charge in [-0.15, -0.1) is 0 Å². The predicted octanol–water partition coefficient (Wildman–Crippen LogP) is 2.50. The Morgan fingerprint density at radius 3 is 2.84 bits per heavy atom. The predicted molar refractivity (Wildman–Crippen MR) is 77.4 cm³/mol. The maximum atomic E-state index is 12.4. The average molecular weight is 258 g/mol. The molecule has 1 N–H and O–H groups in total. The van der Waals surface area contributed by atoms with Crippen LogP contribution in [0.1, 0.15) is 37.7 Å². The highest BCUT2D eigenvalue weighted by molar-refractivity contribution is 5.95. The van der Waals surface area contributed by atoms with Crippen LogP contribution in [0.3, 0.4) is 0 Å². The molecule has 1 aliphatic heterocycles. The van der Waals surface area contributed by atoms with Gasteiger partial charge in [0, 0.05) is 18.3 Å². The topological polar surface area (TPSA) is 32.3 Å². The number of anilines is 1. The Hall–Kier alpha value is -1.35. The minimum Gasteiger partial charge on any atom is -0.311 e. The minimum atomic E-state index is 0.221. The van der Waals surface area contributed by atoms with Crippen molar-refractivity contribution in [2.24, 2.45) is 0 Å². The van der Waals surface area contributed by atoms with Crippen molar-refractivity contribution < 1.29 is 4.79 Å². The molecule has 0 aromatic heterocycles. The molecule has 0 unspecified atom stereocenters. The van der Waals surface area contributed by atoms with E-state index in [1.54, 1.807) is 0 Å². The Kier molecular flexibility index (Phi) is 3.83. The van der Waals surface area contributed by atoms with E-state index in [0.717, 1.165) is 25.1 Å². The molecule has 0 bridgehead atoms. The van der Waals surface area contributed by atoms with Crippen LogP contribution in [0.2, 0.25) is 0 Å². The van der Waals surface area contributed by atoms with E-state index in [2.05, 4.69) is 23.5 Å². The lowest BCUT2D eigenvalue weighted by Crippen LogP contribution is -2.43. The smallest absolute Gasteiger partial charge is 0.240 e. The molecule has 19 heavy (non-hydrogen) atoms. The Bertz CT molecular complexity index is 452. The number of nitrogens with zero attached hydrogens (tertiary/aromatic N) is 1. The molecule has 1 amide bonds. The number of aryl methyl sites for hydroxylation is 1. The van der Waals surface area contributed by atoms with Crippen LogP contribution in [-0.4, -0.2) is 25.0 Å². The van der Waals surface area contributed by atoms with Crippen molar-refractivity contribution in [3.05, 3.63) is 29.8 Å². The SMILES string of the molecule is O=C(CNC1CCCC1)N1CCCc2ccccc21. The number of hydrogen-bond acceptors (Lipinski definition) is 2. The fourth-order valence-electron chi connectivity index (χ4n) is 3.25. The van der Waals surface area contributed by atoms with Gasteiger partial charge in [0.05, 0.1) is 6.54 Å². The molecule has 0 atom stereocenters. The van der Waals surface area contributed by atoms with E-state index in [-0.39, 0.29) is 5.91 Å². The van der Waals surface area contributed by atoms with Crippen LogP contribution in [0.25, 0.3) is 0 Å². The van der Waals surface area contributed by atoms with Gasteiger partial charge in [0.25, 0.3) is 0 Å². The van der Waals surface area contributed by atoms with Gasteiger partial charge in [-0.2, -0.15) is 0 Å². The number of benzene rings is 1. The van der Waals surface area contributed by atoms with E-state index >= 15 is 0 Å². The molecule has 1 aliphatic carbocycles. The summed E-state index contributed by atoms with van der Waals surface area (Å²) in [6, 6.07) is 8.85. The zero-order valence-electron chi connectivity index (χ0n) is 11.4. The van der Waals surface area contributed by atoms with E-state index in [4.69, 9.17) is 0 Å². The van der Waals surface area contributed by atoms with Crippen LogP contribution in [0.5, 0.6) is 0 Å². The fourth-order valence-corrected chi connectivity index (χ4v) is 3.25. The van der Waals surface area contributed by atoms with Crippen LogP contribution < -0.4 is 10.2 Å². The van der Waals surface area contributed by atoms with Crippen molar-refractivity contribution in [2.75, 3.05) is 18.0 Å². The molecule has 102 valence electrons. The minimum absolute atomic E-state index is 0.221. The molecular weight excluding hydrogens is 236 g/mol. The van der Waals surface area contributed by atoms with Gasteiger partial charge < -0.3 is 10.2 Å². The maximum Gasteiger partial charge on any atom is 0.240 e. The van der Waals surface area contributed by atoms with Gasteiger partial charge in [-0.1, -0.05) is 31.0 Å². The van der Waals surface area contributed by atoms with E-state index in [1.165, 1.54) is 31.2 Å². The number of carbonyl (C=O) groups is 1. The summed E-state index contributed by atoms with van der Waals surface area (Å²) in [5, 5.41) is 3.42. The monoisotopic (exact) mass is 258 g/mol. The van der Waals surface area contributed by atoms with Crippen LogP contribution in [0, 0.1) is 0 Å². The molecule has 1 heterocycles. The molecular formula is C16H22N2O. The van der Waals surface area contributed by atoms with Crippen molar-refractivity contribution in [1.82, 2.24) is 5.32 Å². The Morgan fingerprint density at radius 1 is 1.21 bits per heavy atom. The molecule has 0 spiro atoms.